The largest absolute Gasteiger partial charge is 0.495 e. The average Bonchev–Trinajstić information content (AvgIpc) is 3.51. The number of carbonyl (C=O) groups excluding carboxylic acids is 2. The summed E-state index contributed by atoms with van der Waals surface area (Å²) < 4.78 is 44.3. The molecular formula is C27H33ClN2O7S. The smallest absolute Gasteiger partial charge is 0.338 e. The molecule has 2 saturated carbocycles. The van der Waals surface area contributed by atoms with Crippen LogP contribution in [0.5, 0.6) is 11.5 Å². The van der Waals surface area contributed by atoms with Crippen LogP contribution in [0.1, 0.15) is 48.5 Å². The molecule has 2 fully saturated rings. The molecule has 2 aliphatic carbocycles. The molecule has 0 aliphatic heterocycles. The topological polar surface area (TPSA) is 120 Å². The molecule has 0 spiro atoms. The van der Waals surface area contributed by atoms with E-state index in [1.165, 1.54) is 63.8 Å². The van der Waals surface area contributed by atoms with Gasteiger partial charge in [-0.2, -0.15) is 0 Å². The summed E-state index contributed by atoms with van der Waals surface area (Å²) in [4.78, 5) is 25.1. The zero-order valence-electron chi connectivity index (χ0n) is 21.9. The monoisotopic (exact) mass is 564 g/mol. The van der Waals surface area contributed by atoms with Crippen molar-refractivity contribution in [2.45, 2.75) is 50.5 Å². The molecule has 4 rings (SSSR count). The number of rotatable bonds is 10. The van der Waals surface area contributed by atoms with Crippen molar-refractivity contribution in [3.63, 3.8) is 0 Å². The van der Waals surface area contributed by atoms with Crippen molar-refractivity contribution in [2.75, 3.05) is 25.5 Å². The van der Waals surface area contributed by atoms with Gasteiger partial charge in [-0.15, -0.1) is 0 Å². The number of nitrogens with one attached hydrogen (secondary N) is 2. The van der Waals surface area contributed by atoms with E-state index in [9.17, 15) is 18.0 Å². The molecule has 0 heterocycles. The first kappa shape index (κ1) is 28.0. The van der Waals surface area contributed by atoms with Gasteiger partial charge in [0.05, 0.1) is 35.4 Å². The summed E-state index contributed by atoms with van der Waals surface area (Å²) in [7, 11) is -1.32. The van der Waals surface area contributed by atoms with Gasteiger partial charge in [0.1, 0.15) is 11.5 Å². The van der Waals surface area contributed by atoms with Crippen LogP contribution in [-0.4, -0.2) is 47.2 Å². The Morgan fingerprint density at radius 3 is 2.45 bits per heavy atom. The van der Waals surface area contributed by atoms with Gasteiger partial charge in [0.2, 0.25) is 0 Å². The van der Waals surface area contributed by atoms with Crippen LogP contribution >= 0.6 is 11.6 Å². The third-order valence-electron chi connectivity index (χ3n) is 7.62. The van der Waals surface area contributed by atoms with Crippen molar-refractivity contribution >= 4 is 39.2 Å². The number of carbonyl (C=O) groups is 2. The lowest BCUT2D eigenvalue weighted by Gasteiger charge is -2.28. The molecule has 11 heteroatoms. The molecule has 206 valence electrons. The zero-order valence-corrected chi connectivity index (χ0v) is 23.4. The summed E-state index contributed by atoms with van der Waals surface area (Å²) in [5.41, 5.74) is 0.653. The van der Waals surface area contributed by atoms with Gasteiger partial charge in [-0.25, -0.2) is 13.2 Å². The predicted octanol–water partition coefficient (Wildman–Crippen LogP) is 4.56. The Morgan fingerprint density at radius 1 is 1.08 bits per heavy atom. The number of aryl methyl sites for hydroxylation is 1. The molecule has 0 aromatic heterocycles. The number of halogens is 1. The lowest BCUT2D eigenvalue weighted by atomic mass is 9.84. The SMILES string of the molecule is COc1cc(OC)c(NS(=O)(=O)c2ccc(C)c(C(=O)OCC(=O)NC(C)C3CC4CCC3C4)c2)cc1Cl. The number of ether oxygens (including phenoxy) is 3. The Kier molecular flexibility index (Phi) is 8.42. The summed E-state index contributed by atoms with van der Waals surface area (Å²) in [6.45, 7) is 3.21. The number of hydrogen-bond donors (Lipinski definition) is 2. The lowest BCUT2D eigenvalue weighted by molar-refractivity contribution is -0.125. The van der Waals surface area contributed by atoms with Crippen LogP contribution in [0.25, 0.3) is 0 Å². The van der Waals surface area contributed by atoms with E-state index in [-0.39, 0.29) is 38.9 Å². The molecular weight excluding hydrogens is 532 g/mol. The van der Waals surface area contributed by atoms with Gasteiger partial charge in [-0.05, 0) is 74.6 Å². The fourth-order valence-corrected chi connectivity index (χ4v) is 6.98. The van der Waals surface area contributed by atoms with Crippen molar-refractivity contribution < 1.29 is 32.2 Å². The number of methoxy groups -OCH3 is 2. The van der Waals surface area contributed by atoms with Gasteiger partial charge in [-0.1, -0.05) is 24.1 Å². The normalized spacial score (nSPS) is 21.0. The highest BCUT2D eigenvalue weighted by atomic mass is 35.5. The van der Waals surface area contributed by atoms with Crippen LogP contribution in [0.4, 0.5) is 5.69 Å². The van der Waals surface area contributed by atoms with Crippen LogP contribution in [0.3, 0.4) is 0 Å². The number of fused-ring (bicyclic) bond motifs is 2. The van der Waals surface area contributed by atoms with Gasteiger partial charge in [-0.3, -0.25) is 9.52 Å². The Balaban J connectivity index is 1.42. The number of anilines is 1. The summed E-state index contributed by atoms with van der Waals surface area (Å²) in [6.07, 6.45) is 4.88. The molecule has 2 aliphatic rings. The zero-order chi connectivity index (χ0) is 27.6. The minimum absolute atomic E-state index is 0.0150. The fourth-order valence-electron chi connectivity index (χ4n) is 5.65. The van der Waals surface area contributed by atoms with E-state index in [4.69, 9.17) is 25.8 Å². The summed E-state index contributed by atoms with van der Waals surface area (Å²) in [5, 5.41) is 3.15. The van der Waals surface area contributed by atoms with E-state index < -0.39 is 22.6 Å². The Morgan fingerprint density at radius 2 is 1.82 bits per heavy atom. The maximum absolute atomic E-state index is 13.1. The Bertz CT molecular complexity index is 1330. The molecule has 9 nitrogen and oxygen atoms in total. The van der Waals surface area contributed by atoms with Crippen molar-refractivity contribution in [2.24, 2.45) is 17.8 Å². The second-order valence-electron chi connectivity index (χ2n) is 10.0. The van der Waals surface area contributed by atoms with Crippen LogP contribution in [0, 0.1) is 24.7 Å². The highest BCUT2D eigenvalue weighted by molar-refractivity contribution is 7.92. The van der Waals surface area contributed by atoms with Gasteiger partial charge in [0.25, 0.3) is 15.9 Å². The Hall–Kier alpha value is -2.98. The minimum atomic E-state index is -4.13. The van der Waals surface area contributed by atoms with E-state index in [1.54, 1.807) is 6.92 Å². The van der Waals surface area contributed by atoms with Crippen LogP contribution in [-0.2, 0) is 19.6 Å². The second kappa shape index (κ2) is 11.4. The molecule has 38 heavy (non-hydrogen) atoms. The molecule has 0 saturated heterocycles. The molecule has 2 bridgehead atoms. The molecule has 4 unspecified atom stereocenters. The minimum Gasteiger partial charge on any atom is -0.495 e. The van der Waals surface area contributed by atoms with Gasteiger partial charge in [0.15, 0.2) is 6.61 Å². The van der Waals surface area contributed by atoms with Crippen LogP contribution in [0.2, 0.25) is 5.02 Å². The number of hydrogen-bond acceptors (Lipinski definition) is 7. The summed E-state index contributed by atoms with van der Waals surface area (Å²) in [6, 6.07) is 6.93. The average molecular weight is 565 g/mol. The van der Waals surface area contributed by atoms with E-state index in [0.717, 1.165) is 12.3 Å². The molecule has 1 amide bonds. The summed E-state index contributed by atoms with van der Waals surface area (Å²) >= 11 is 6.16. The highest BCUT2D eigenvalue weighted by Crippen LogP contribution is 2.49. The third-order valence-corrected chi connectivity index (χ3v) is 9.27. The van der Waals surface area contributed by atoms with Crippen molar-refractivity contribution in [1.29, 1.82) is 0 Å². The predicted molar refractivity (Wildman–Crippen MR) is 143 cm³/mol. The molecule has 2 N–H and O–H groups in total. The van der Waals surface area contributed by atoms with E-state index in [1.807, 2.05) is 6.92 Å². The fraction of sp³-hybridized carbons (Fsp3) is 0.481. The highest BCUT2D eigenvalue weighted by Gasteiger charge is 2.42. The summed E-state index contributed by atoms with van der Waals surface area (Å²) in [5.74, 6) is 1.25. The van der Waals surface area contributed by atoms with Gasteiger partial charge in [0, 0.05) is 12.1 Å². The van der Waals surface area contributed by atoms with E-state index in [2.05, 4.69) is 10.0 Å². The maximum atomic E-state index is 13.1. The first-order valence-electron chi connectivity index (χ1n) is 12.5. The van der Waals surface area contributed by atoms with Crippen molar-refractivity contribution in [3.05, 3.63) is 46.5 Å². The third kappa shape index (κ3) is 6.02. The number of benzene rings is 2. The number of esters is 1. The lowest BCUT2D eigenvalue weighted by Crippen LogP contribution is -2.42. The van der Waals surface area contributed by atoms with E-state index >= 15 is 0 Å². The molecule has 2 aromatic carbocycles. The first-order chi connectivity index (χ1) is 18.0. The van der Waals surface area contributed by atoms with Gasteiger partial charge >= 0.3 is 5.97 Å². The standard InChI is InChI=1S/C27H33ClN2O7S/c1-15-5-8-19(38(33,34)30-23-12-22(28)24(35-3)13-25(23)36-4)11-20(15)27(32)37-14-26(31)29-16(2)21-10-17-6-7-18(21)9-17/h5,8,11-13,16-18,21,30H,6-7,9-10,14H2,1-4H3,(H,29,31). The Labute approximate surface area is 228 Å². The number of sulfonamides is 1. The van der Waals surface area contributed by atoms with Crippen molar-refractivity contribution in [1.82, 2.24) is 5.32 Å². The molecule has 2 aromatic rings. The maximum Gasteiger partial charge on any atom is 0.338 e. The van der Waals surface area contributed by atoms with Crippen LogP contribution < -0.4 is 19.5 Å². The van der Waals surface area contributed by atoms with E-state index in [0.29, 0.717) is 23.1 Å². The quantitative estimate of drug-likeness (QED) is 0.406. The number of amides is 1. The van der Waals surface area contributed by atoms with Crippen LogP contribution in [0.15, 0.2) is 35.2 Å². The van der Waals surface area contributed by atoms with Gasteiger partial charge < -0.3 is 19.5 Å². The molecule has 4 atom stereocenters. The molecule has 0 radical (unpaired) electrons. The second-order valence-corrected chi connectivity index (χ2v) is 12.1. The van der Waals surface area contributed by atoms with Crippen molar-refractivity contribution in [3.8, 4) is 11.5 Å². The first-order valence-corrected chi connectivity index (χ1v) is 14.4.